The lowest BCUT2D eigenvalue weighted by molar-refractivity contribution is -0.152. The Hall–Kier alpha value is -0.180. The molecule has 0 aromatic rings. The van der Waals surface area contributed by atoms with Gasteiger partial charge in [0.05, 0.1) is 0 Å². The number of thioether (sulfide) groups is 1. The second kappa shape index (κ2) is 3.16. The summed E-state index contributed by atoms with van der Waals surface area (Å²) < 4.78 is 5.47. The average Bonchev–Trinajstić information content (AvgIpc) is 2.09. The van der Waals surface area contributed by atoms with Crippen LogP contribution in [0.25, 0.3) is 0 Å². The summed E-state index contributed by atoms with van der Waals surface area (Å²) in [6.45, 7) is 1.54. The Bertz CT molecular complexity index is 236. The van der Waals surface area contributed by atoms with Crippen molar-refractivity contribution in [3.05, 3.63) is 0 Å². The van der Waals surface area contributed by atoms with Gasteiger partial charge < -0.3 is 4.74 Å². The standard InChI is InChI=1S/C11H16O2S/c1-6(12)13-11-8-2-7-3-9(5-8)14-10(11)4-7/h7-11H,2-5H2,1H3. The molecule has 0 amide bonds. The lowest BCUT2D eigenvalue weighted by atomic mass is 9.69. The van der Waals surface area contributed by atoms with E-state index in [0.29, 0.717) is 11.2 Å². The van der Waals surface area contributed by atoms with E-state index < -0.39 is 0 Å². The topological polar surface area (TPSA) is 26.3 Å². The summed E-state index contributed by atoms with van der Waals surface area (Å²) in [5, 5.41) is 1.50. The summed E-state index contributed by atoms with van der Waals surface area (Å²) in [6, 6.07) is 0. The molecule has 4 rings (SSSR count). The lowest BCUT2D eigenvalue weighted by Gasteiger charge is -2.52. The maximum Gasteiger partial charge on any atom is 0.302 e. The highest BCUT2D eigenvalue weighted by Crippen LogP contribution is 2.55. The van der Waals surface area contributed by atoms with E-state index in [-0.39, 0.29) is 12.1 Å². The summed E-state index contributed by atoms with van der Waals surface area (Å²) >= 11 is 2.08. The third-order valence-corrected chi connectivity index (χ3v) is 5.44. The summed E-state index contributed by atoms with van der Waals surface area (Å²) in [5.74, 6) is 1.53. The van der Waals surface area contributed by atoms with Crippen LogP contribution in [0, 0.1) is 11.8 Å². The molecule has 5 unspecified atom stereocenters. The molecule has 0 aromatic heterocycles. The van der Waals surface area contributed by atoms with Gasteiger partial charge in [-0.25, -0.2) is 0 Å². The predicted octanol–water partition coefficient (Wildman–Crippen LogP) is 2.22. The van der Waals surface area contributed by atoms with Gasteiger partial charge in [0.2, 0.25) is 0 Å². The summed E-state index contributed by atoms with van der Waals surface area (Å²) in [6.07, 6.45) is 5.55. The summed E-state index contributed by atoms with van der Waals surface area (Å²) in [4.78, 5) is 11.0. The van der Waals surface area contributed by atoms with Gasteiger partial charge in [-0.3, -0.25) is 4.79 Å². The van der Waals surface area contributed by atoms with Crippen LogP contribution in [-0.4, -0.2) is 22.6 Å². The molecule has 2 aliphatic heterocycles. The Morgan fingerprint density at radius 2 is 2.14 bits per heavy atom. The zero-order valence-electron chi connectivity index (χ0n) is 8.44. The second-order valence-electron chi connectivity index (χ2n) is 4.94. The minimum Gasteiger partial charge on any atom is -0.461 e. The van der Waals surface area contributed by atoms with E-state index in [9.17, 15) is 4.79 Å². The molecule has 14 heavy (non-hydrogen) atoms. The lowest BCUT2D eigenvalue weighted by Crippen LogP contribution is -2.51. The molecule has 0 spiro atoms. The molecule has 2 saturated carbocycles. The third-order valence-electron chi connectivity index (χ3n) is 3.86. The Balaban J connectivity index is 1.77. The number of carbonyl (C=O) groups is 1. The fraction of sp³-hybridized carbons (Fsp3) is 0.909. The van der Waals surface area contributed by atoms with E-state index in [1.54, 1.807) is 0 Å². The van der Waals surface area contributed by atoms with Crippen LogP contribution in [0.2, 0.25) is 0 Å². The fourth-order valence-electron chi connectivity index (χ4n) is 3.51. The SMILES string of the molecule is CC(=O)OC1C2CC3CC(C2)SC1C3. The molecule has 2 heterocycles. The number of esters is 1. The van der Waals surface area contributed by atoms with Gasteiger partial charge in [-0.1, -0.05) is 0 Å². The maximum absolute atomic E-state index is 11.0. The van der Waals surface area contributed by atoms with E-state index in [1.807, 2.05) is 0 Å². The molecule has 4 bridgehead atoms. The smallest absolute Gasteiger partial charge is 0.302 e. The van der Waals surface area contributed by atoms with Crippen LogP contribution in [0.5, 0.6) is 0 Å². The van der Waals surface area contributed by atoms with E-state index >= 15 is 0 Å². The average molecular weight is 212 g/mol. The second-order valence-corrected chi connectivity index (χ2v) is 6.48. The monoisotopic (exact) mass is 212 g/mol. The van der Waals surface area contributed by atoms with Crippen molar-refractivity contribution in [1.82, 2.24) is 0 Å². The molecule has 0 radical (unpaired) electrons. The fourth-order valence-corrected chi connectivity index (χ4v) is 5.56. The normalized spacial score (nSPS) is 49.4. The highest BCUT2D eigenvalue weighted by atomic mass is 32.2. The zero-order chi connectivity index (χ0) is 9.71. The Kier molecular flexibility index (Phi) is 2.05. The highest BCUT2D eigenvalue weighted by molar-refractivity contribution is 8.00. The van der Waals surface area contributed by atoms with Gasteiger partial charge >= 0.3 is 5.97 Å². The van der Waals surface area contributed by atoms with Gasteiger partial charge in [0, 0.05) is 17.4 Å². The number of carbonyl (C=O) groups excluding carboxylic acids is 1. The van der Waals surface area contributed by atoms with E-state index in [0.717, 1.165) is 11.2 Å². The molecule has 2 aliphatic carbocycles. The van der Waals surface area contributed by atoms with E-state index in [2.05, 4.69) is 11.8 Å². The first-order valence-corrected chi connectivity index (χ1v) is 6.49. The van der Waals surface area contributed by atoms with Crippen LogP contribution in [0.4, 0.5) is 0 Å². The van der Waals surface area contributed by atoms with Crippen LogP contribution in [0.15, 0.2) is 0 Å². The number of hydrogen-bond acceptors (Lipinski definition) is 3. The van der Waals surface area contributed by atoms with Crippen molar-refractivity contribution in [3.63, 3.8) is 0 Å². The van der Waals surface area contributed by atoms with Crippen LogP contribution < -0.4 is 0 Å². The molecule has 4 fully saturated rings. The molecule has 5 atom stereocenters. The molecule has 0 aromatic carbocycles. The maximum atomic E-state index is 11.0. The number of rotatable bonds is 1. The Morgan fingerprint density at radius 1 is 1.29 bits per heavy atom. The molecule has 2 nitrogen and oxygen atoms in total. The zero-order valence-corrected chi connectivity index (χ0v) is 9.26. The molecular weight excluding hydrogens is 196 g/mol. The predicted molar refractivity (Wildman–Crippen MR) is 56.2 cm³/mol. The van der Waals surface area contributed by atoms with Gasteiger partial charge in [-0.15, -0.1) is 0 Å². The van der Waals surface area contributed by atoms with Crippen molar-refractivity contribution in [2.24, 2.45) is 11.8 Å². The van der Waals surface area contributed by atoms with E-state index in [4.69, 9.17) is 4.74 Å². The first kappa shape index (κ1) is 9.08. The molecule has 0 N–H and O–H groups in total. The largest absolute Gasteiger partial charge is 0.461 e. The van der Waals surface area contributed by atoms with Gasteiger partial charge in [0.1, 0.15) is 6.10 Å². The van der Waals surface area contributed by atoms with Crippen molar-refractivity contribution in [3.8, 4) is 0 Å². The highest BCUT2D eigenvalue weighted by Gasteiger charge is 2.50. The van der Waals surface area contributed by atoms with Gasteiger partial charge in [0.15, 0.2) is 0 Å². The van der Waals surface area contributed by atoms with Crippen LogP contribution in [-0.2, 0) is 9.53 Å². The van der Waals surface area contributed by atoms with E-state index in [1.165, 1.54) is 32.6 Å². The van der Waals surface area contributed by atoms with Gasteiger partial charge in [0.25, 0.3) is 0 Å². The van der Waals surface area contributed by atoms with Crippen molar-refractivity contribution >= 4 is 17.7 Å². The van der Waals surface area contributed by atoms with Crippen LogP contribution in [0.1, 0.15) is 32.6 Å². The van der Waals surface area contributed by atoms with Crippen molar-refractivity contribution < 1.29 is 9.53 Å². The molecular formula is C11H16O2S. The van der Waals surface area contributed by atoms with Gasteiger partial charge in [-0.2, -0.15) is 11.8 Å². The summed E-state index contributed by atoms with van der Waals surface area (Å²) in [5.41, 5.74) is 0. The van der Waals surface area contributed by atoms with Crippen LogP contribution in [0.3, 0.4) is 0 Å². The number of hydrogen-bond donors (Lipinski definition) is 0. The molecule has 3 heteroatoms. The summed E-state index contributed by atoms with van der Waals surface area (Å²) in [7, 11) is 0. The number of ether oxygens (including phenoxy) is 1. The van der Waals surface area contributed by atoms with Gasteiger partial charge in [-0.05, 0) is 37.5 Å². The first-order valence-electron chi connectivity index (χ1n) is 5.55. The van der Waals surface area contributed by atoms with Crippen molar-refractivity contribution in [2.75, 3.05) is 0 Å². The third kappa shape index (κ3) is 1.37. The minimum atomic E-state index is -0.0944. The first-order chi connectivity index (χ1) is 6.72. The molecule has 78 valence electrons. The minimum absolute atomic E-state index is 0.0944. The molecule has 2 saturated heterocycles. The Labute approximate surface area is 88.8 Å². The molecule has 4 aliphatic rings. The van der Waals surface area contributed by atoms with Crippen molar-refractivity contribution in [2.45, 2.75) is 49.2 Å². The Morgan fingerprint density at radius 3 is 2.79 bits per heavy atom. The van der Waals surface area contributed by atoms with Crippen molar-refractivity contribution in [1.29, 1.82) is 0 Å². The quantitative estimate of drug-likeness (QED) is 0.623. The van der Waals surface area contributed by atoms with Crippen LogP contribution >= 0.6 is 11.8 Å².